The lowest BCUT2D eigenvalue weighted by atomic mass is 9.79. The molecule has 0 radical (unpaired) electrons. The minimum atomic E-state index is -1.07. The summed E-state index contributed by atoms with van der Waals surface area (Å²) in [7, 11) is 2.00. The van der Waals surface area contributed by atoms with Gasteiger partial charge < -0.3 is 36.2 Å². The number of hydrogen-bond acceptors (Lipinski definition) is 9. The van der Waals surface area contributed by atoms with Gasteiger partial charge in [0.05, 0.1) is 23.8 Å². The van der Waals surface area contributed by atoms with Crippen molar-refractivity contribution in [2.45, 2.75) is 75.4 Å². The normalized spacial score (nSPS) is 29.8. The van der Waals surface area contributed by atoms with Crippen LogP contribution >= 0.6 is 0 Å². The molecule has 11 nitrogen and oxygen atoms in total. The lowest BCUT2D eigenvalue weighted by Crippen LogP contribution is -2.50. The number of aliphatic imine (C=N–C) groups is 1. The largest absolute Gasteiger partial charge is 0.388 e. The number of aliphatic hydroxyl groups is 2. The zero-order valence-electron chi connectivity index (χ0n) is 22.9. The van der Waals surface area contributed by atoms with Crippen molar-refractivity contribution >= 4 is 29.4 Å². The smallest absolute Gasteiger partial charge is 0.319 e. The number of nitrogen functional groups attached to an aromatic ring is 1. The average molecular weight is 538 g/mol. The molecular weight excluding hydrogens is 498 g/mol. The molecule has 0 bridgehead atoms. The quantitative estimate of drug-likeness (QED) is 0.360. The Morgan fingerprint density at radius 1 is 1.15 bits per heavy atom. The predicted molar refractivity (Wildman–Crippen MR) is 149 cm³/mol. The van der Waals surface area contributed by atoms with Crippen molar-refractivity contribution < 1.29 is 19.7 Å². The summed E-state index contributed by atoms with van der Waals surface area (Å²) < 4.78 is 6.14. The summed E-state index contributed by atoms with van der Waals surface area (Å²) in [5.41, 5.74) is 9.05. The predicted octanol–water partition coefficient (Wildman–Crippen LogP) is 2.18. The molecule has 2 aliphatic heterocycles. The molecule has 5 rings (SSSR count). The second kappa shape index (κ2) is 10.8. The number of urea groups is 1. The minimum Gasteiger partial charge on any atom is -0.388 e. The van der Waals surface area contributed by atoms with E-state index in [0.29, 0.717) is 36.4 Å². The zero-order valence-corrected chi connectivity index (χ0v) is 22.9. The number of aromatic nitrogens is 2. The van der Waals surface area contributed by atoms with Crippen LogP contribution in [0.4, 0.5) is 22.0 Å². The van der Waals surface area contributed by atoms with Crippen molar-refractivity contribution in [2.24, 2.45) is 10.9 Å². The van der Waals surface area contributed by atoms with Crippen LogP contribution in [-0.4, -0.2) is 87.9 Å². The summed E-state index contributed by atoms with van der Waals surface area (Å²) >= 11 is 0. The van der Waals surface area contributed by atoms with Crippen LogP contribution in [0.15, 0.2) is 35.6 Å². The van der Waals surface area contributed by atoms with Crippen molar-refractivity contribution in [3.63, 3.8) is 0 Å². The summed E-state index contributed by atoms with van der Waals surface area (Å²) in [4.78, 5) is 27.1. The van der Waals surface area contributed by atoms with E-state index in [9.17, 15) is 15.0 Å². The number of nitrogens with one attached hydrogen (secondary N) is 2. The van der Waals surface area contributed by atoms with Gasteiger partial charge >= 0.3 is 6.03 Å². The van der Waals surface area contributed by atoms with Gasteiger partial charge in [-0.15, -0.1) is 0 Å². The first-order valence-electron chi connectivity index (χ1n) is 13.5. The molecule has 1 saturated heterocycles. The monoisotopic (exact) mass is 537 g/mol. The lowest BCUT2D eigenvalue weighted by Gasteiger charge is -2.42. The Labute approximate surface area is 228 Å². The molecule has 1 aliphatic carbocycles. The first kappa shape index (κ1) is 27.4. The molecule has 210 valence electrons. The molecular formula is C28H39N7O4. The number of carbonyl (C=O) groups is 1. The van der Waals surface area contributed by atoms with Crippen LogP contribution in [0.5, 0.6) is 0 Å². The number of ether oxygens (including phenoxy) is 1. The van der Waals surface area contributed by atoms with Crippen molar-refractivity contribution in [3.05, 3.63) is 41.9 Å². The van der Waals surface area contributed by atoms with Crippen LogP contribution in [0.3, 0.4) is 0 Å². The third-order valence-electron chi connectivity index (χ3n) is 8.17. The highest BCUT2D eigenvalue weighted by molar-refractivity contribution is 5.89. The molecule has 6 N–H and O–H groups in total. The summed E-state index contributed by atoms with van der Waals surface area (Å²) in [5, 5.41) is 27.3. The fraction of sp³-hybridized carbons (Fsp3) is 0.571. The van der Waals surface area contributed by atoms with Gasteiger partial charge in [-0.1, -0.05) is 32.9 Å². The van der Waals surface area contributed by atoms with Gasteiger partial charge in [0.15, 0.2) is 5.82 Å². The van der Waals surface area contributed by atoms with E-state index in [1.165, 1.54) is 11.9 Å². The molecule has 39 heavy (non-hydrogen) atoms. The highest BCUT2D eigenvalue weighted by Gasteiger charge is 2.49. The number of nitrogens with zero attached hydrogens (tertiary/aromatic N) is 4. The number of carbonyl (C=O) groups excluding carboxylic acids is 1. The van der Waals surface area contributed by atoms with Crippen LogP contribution < -0.4 is 16.4 Å². The van der Waals surface area contributed by atoms with Crippen LogP contribution in [-0.2, 0) is 10.2 Å². The van der Waals surface area contributed by atoms with Crippen LogP contribution in [0.2, 0.25) is 0 Å². The second-order valence-corrected chi connectivity index (χ2v) is 12.0. The SMILES string of the molecule is CN(C[C@H]1O[C@@H](C2C=Nc3c(N)ncnc32)[C@H](O)[C@@H]1O)C1CC(CNC(=O)Nc2ccc(C(C)(C)C)cc2)C1. The zero-order chi connectivity index (χ0) is 27.9. The van der Waals surface area contributed by atoms with Crippen molar-refractivity contribution in [3.8, 4) is 0 Å². The highest BCUT2D eigenvalue weighted by atomic mass is 16.5. The Kier molecular flexibility index (Phi) is 7.60. The van der Waals surface area contributed by atoms with E-state index in [2.05, 4.69) is 51.3 Å². The maximum atomic E-state index is 12.4. The molecule has 2 fully saturated rings. The number of aliphatic hydroxyl groups excluding tert-OH is 2. The van der Waals surface area contributed by atoms with Gasteiger partial charge in [0.25, 0.3) is 0 Å². The standard InChI is InChI=1S/C28H39N7O4/c1-28(2,3)16-5-7-17(8-6-16)34-27(38)31-11-15-9-18(10-15)35(4)13-20-23(36)24(37)25(39-20)19-12-30-22-21(19)32-14-33-26(22)29/h5-8,12,14-15,18-20,23-25,36-37H,9-11,13H2,1-4H3,(H2,29,32,33)(H2,31,34,38)/t15?,18?,19?,20-,23-,24-,25+/m1/s1. The Morgan fingerprint density at radius 3 is 2.56 bits per heavy atom. The number of hydrogen-bond donors (Lipinski definition) is 5. The molecule has 2 aromatic rings. The first-order valence-corrected chi connectivity index (χ1v) is 13.5. The summed E-state index contributed by atoms with van der Waals surface area (Å²) in [6.07, 6.45) is 1.60. The molecule has 11 heteroatoms. The van der Waals surface area contributed by atoms with Crippen molar-refractivity contribution in [1.29, 1.82) is 0 Å². The number of likely N-dealkylation sites (N-methyl/N-ethyl adjacent to an activating group) is 1. The number of nitrogens with two attached hydrogens (primary N) is 1. The molecule has 0 spiro atoms. The van der Waals surface area contributed by atoms with E-state index >= 15 is 0 Å². The maximum absolute atomic E-state index is 12.4. The van der Waals surface area contributed by atoms with Crippen LogP contribution in [0.1, 0.15) is 50.8 Å². The summed E-state index contributed by atoms with van der Waals surface area (Å²) in [5.74, 6) is 0.270. The molecule has 1 aromatic heterocycles. The fourth-order valence-electron chi connectivity index (χ4n) is 5.60. The van der Waals surface area contributed by atoms with Gasteiger partial charge in [0.1, 0.15) is 24.2 Å². The minimum absolute atomic E-state index is 0.0691. The molecule has 3 aliphatic rings. The Bertz CT molecular complexity index is 1210. The van der Waals surface area contributed by atoms with Crippen LogP contribution in [0.25, 0.3) is 0 Å². The van der Waals surface area contributed by atoms with E-state index in [4.69, 9.17) is 10.5 Å². The third-order valence-corrected chi connectivity index (χ3v) is 8.17. The highest BCUT2D eigenvalue weighted by Crippen LogP contribution is 2.41. The lowest BCUT2D eigenvalue weighted by molar-refractivity contribution is -0.0265. The van der Waals surface area contributed by atoms with E-state index < -0.39 is 30.3 Å². The fourth-order valence-corrected chi connectivity index (χ4v) is 5.60. The Balaban J connectivity index is 1.05. The van der Waals surface area contributed by atoms with Gasteiger partial charge in [-0.3, -0.25) is 4.99 Å². The topological polar surface area (TPSA) is 158 Å². The van der Waals surface area contributed by atoms with Gasteiger partial charge in [-0.25, -0.2) is 14.8 Å². The summed E-state index contributed by atoms with van der Waals surface area (Å²) in [6, 6.07) is 8.05. The number of rotatable bonds is 7. The number of fused-ring (bicyclic) bond motifs is 1. The second-order valence-electron chi connectivity index (χ2n) is 12.0. The maximum Gasteiger partial charge on any atom is 0.319 e. The van der Waals surface area contributed by atoms with E-state index in [-0.39, 0.29) is 17.3 Å². The molecule has 1 unspecified atom stereocenters. The van der Waals surface area contributed by atoms with E-state index in [1.807, 2.05) is 31.3 Å². The molecule has 1 aromatic carbocycles. The third kappa shape index (κ3) is 5.76. The Morgan fingerprint density at radius 2 is 1.87 bits per heavy atom. The summed E-state index contributed by atoms with van der Waals surface area (Å²) in [6.45, 7) is 7.56. The molecule has 3 heterocycles. The average Bonchev–Trinajstić information content (AvgIpc) is 3.40. The Hall–Kier alpha value is -3.12. The number of anilines is 2. The van der Waals surface area contributed by atoms with Gasteiger partial charge in [-0.05, 0) is 48.9 Å². The van der Waals surface area contributed by atoms with Crippen molar-refractivity contribution in [2.75, 3.05) is 31.2 Å². The molecule has 2 amide bonds. The van der Waals surface area contributed by atoms with E-state index in [1.54, 1.807) is 6.21 Å². The van der Waals surface area contributed by atoms with Gasteiger partial charge in [0, 0.05) is 31.0 Å². The number of benzene rings is 1. The van der Waals surface area contributed by atoms with Crippen molar-refractivity contribution in [1.82, 2.24) is 20.2 Å². The number of amides is 2. The molecule has 1 saturated carbocycles. The van der Waals surface area contributed by atoms with Gasteiger partial charge in [0.2, 0.25) is 0 Å². The first-order chi connectivity index (χ1) is 18.5. The molecule has 5 atom stereocenters. The van der Waals surface area contributed by atoms with Crippen LogP contribution in [0, 0.1) is 5.92 Å². The van der Waals surface area contributed by atoms with E-state index in [0.717, 1.165) is 18.5 Å². The van der Waals surface area contributed by atoms with Gasteiger partial charge in [-0.2, -0.15) is 0 Å².